The van der Waals surface area contributed by atoms with E-state index in [1.165, 1.54) is 16.8 Å². The minimum atomic E-state index is 0.0295. The Morgan fingerprint density at radius 1 is 1.16 bits per heavy atom. The molecule has 1 N–H and O–H groups in total. The highest BCUT2D eigenvalue weighted by molar-refractivity contribution is 5.74. The summed E-state index contributed by atoms with van der Waals surface area (Å²) in [6, 6.07) is 12.8. The van der Waals surface area contributed by atoms with E-state index in [0.717, 1.165) is 32.4 Å². The van der Waals surface area contributed by atoms with Gasteiger partial charge in [-0.2, -0.15) is 0 Å². The predicted octanol–water partition coefficient (Wildman–Crippen LogP) is 4.57. The molecule has 0 atom stereocenters. The molecule has 2 rings (SSSR count). The summed E-state index contributed by atoms with van der Waals surface area (Å²) in [5.41, 5.74) is 3.73. The van der Waals surface area contributed by atoms with Crippen LogP contribution in [0.2, 0.25) is 0 Å². The summed E-state index contributed by atoms with van der Waals surface area (Å²) < 4.78 is 2.24. The van der Waals surface area contributed by atoms with Crippen LogP contribution in [-0.4, -0.2) is 28.6 Å². The second-order valence-corrected chi connectivity index (χ2v) is 6.58. The molecule has 25 heavy (non-hydrogen) atoms. The van der Waals surface area contributed by atoms with Gasteiger partial charge < -0.3 is 14.8 Å². The van der Waals surface area contributed by atoms with Gasteiger partial charge in [-0.15, -0.1) is 0 Å². The zero-order valence-electron chi connectivity index (χ0n) is 15.8. The Labute approximate surface area is 151 Å². The molecular weight excluding hydrogens is 310 g/mol. The van der Waals surface area contributed by atoms with Crippen LogP contribution in [0.1, 0.15) is 49.9 Å². The number of carbonyl (C=O) groups excluding carboxylic acids is 1. The molecule has 0 spiro atoms. The van der Waals surface area contributed by atoms with E-state index in [0.29, 0.717) is 13.1 Å². The number of benzene rings is 1. The second-order valence-electron chi connectivity index (χ2n) is 6.58. The number of rotatable bonds is 9. The normalized spacial score (nSPS) is 10.7. The number of hydrogen-bond donors (Lipinski definition) is 1. The van der Waals surface area contributed by atoms with Crippen molar-refractivity contribution in [3.05, 3.63) is 59.4 Å². The minimum absolute atomic E-state index is 0.0295. The van der Waals surface area contributed by atoms with Gasteiger partial charge in [-0.1, -0.05) is 49.6 Å². The molecule has 0 aliphatic rings. The highest BCUT2D eigenvalue weighted by Crippen LogP contribution is 2.13. The van der Waals surface area contributed by atoms with Crippen molar-refractivity contribution in [2.24, 2.45) is 0 Å². The van der Waals surface area contributed by atoms with Crippen LogP contribution < -0.4 is 5.32 Å². The third-order valence-corrected chi connectivity index (χ3v) is 4.36. The fourth-order valence-electron chi connectivity index (χ4n) is 3.02. The summed E-state index contributed by atoms with van der Waals surface area (Å²) in [5, 5.41) is 2.94. The molecule has 136 valence electrons. The Balaban J connectivity index is 2.08. The lowest BCUT2D eigenvalue weighted by atomic mass is 10.1. The molecule has 0 unspecified atom stereocenters. The Morgan fingerprint density at radius 2 is 2.00 bits per heavy atom. The zero-order valence-corrected chi connectivity index (χ0v) is 15.8. The number of nitrogens with one attached hydrogen (secondary N) is 1. The summed E-state index contributed by atoms with van der Waals surface area (Å²) in [7, 11) is 0. The molecule has 0 saturated carbocycles. The van der Waals surface area contributed by atoms with Crippen LogP contribution in [0.4, 0.5) is 4.79 Å². The quantitative estimate of drug-likeness (QED) is 0.667. The fraction of sp³-hybridized carbons (Fsp3) is 0.476. The van der Waals surface area contributed by atoms with E-state index in [2.05, 4.69) is 66.3 Å². The molecule has 0 aliphatic carbocycles. The summed E-state index contributed by atoms with van der Waals surface area (Å²) in [6.07, 6.45) is 5.46. The summed E-state index contributed by atoms with van der Waals surface area (Å²) >= 11 is 0. The Bertz CT molecular complexity index is 663. The molecule has 0 fully saturated rings. The monoisotopic (exact) mass is 341 g/mol. The van der Waals surface area contributed by atoms with Gasteiger partial charge in [-0.3, -0.25) is 0 Å². The maximum absolute atomic E-state index is 12.4. The number of amides is 2. The van der Waals surface area contributed by atoms with Crippen molar-refractivity contribution in [1.82, 2.24) is 14.8 Å². The highest BCUT2D eigenvalue weighted by atomic mass is 16.2. The third kappa shape index (κ3) is 5.96. The number of aromatic nitrogens is 1. The molecule has 0 aliphatic heterocycles. The minimum Gasteiger partial charge on any atom is -0.345 e. The van der Waals surface area contributed by atoms with E-state index in [1.807, 2.05) is 11.8 Å². The van der Waals surface area contributed by atoms with Crippen molar-refractivity contribution in [2.45, 2.75) is 53.1 Å². The standard InChI is InChI=1S/C21H31N3O/c1-4-6-7-13-24(21(25)22-5-2)17-20-12-9-14-23(20)16-19-11-8-10-18(3)15-19/h8-12,14-15H,4-7,13,16-17H2,1-3H3,(H,22,25). The lowest BCUT2D eigenvalue weighted by Crippen LogP contribution is -2.40. The molecular formula is C21H31N3O. The van der Waals surface area contributed by atoms with Crippen molar-refractivity contribution in [1.29, 1.82) is 0 Å². The predicted molar refractivity (Wildman–Crippen MR) is 104 cm³/mol. The maximum Gasteiger partial charge on any atom is 0.317 e. The number of carbonyl (C=O) groups is 1. The third-order valence-electron chi connectivity index (χ3n) is 4.36. The summed E-state index contributed by atoms with van der Waals surface area (Å²) in [6.45, 7) is 9.20. The first-order chi connectivity index (χ1) is 12.1. The zero-order chi connectivity index (χ0) is 18.1. The summed E-state index contributed by atoms with van der Waals surface area (Å²) in [5.74, 6) is 0. The van der Waals surface area contributed by atoms with E-state index < -0.39 is 0 Å². The van der Waals surface area contributed by atoms with Gasteiger partial charge >= 0.3 is 6.03 Å². The molecule has 0 bridgehead atoms. The molecule has 0 saturated heterocycles. The first kappa shape index (κ1) is 19.1. The van der Waals surface area contributed by atoms with E-state index in [9.17, 15) is 4.79 Å². The van der Waals surface area contributed by atoms with Gasteiger partial charge in [0.25, 0.3) is 0 Å². The molecule has 2 amide bonds. The number of unbranched alkanes of at least 4 members (excludes halogenated alkanes) is 2. The average Bonchev–Trinajstić information content (AvgIpc) is 3.01. The molecule has 1 aromatic heterocycles. The smallest absolute Gasteiger partial charge is 0.317 e. The highest BCUT2D eigenvalue weighted by Gasteiger charge is 2.14. The Morgan fingerprint density at radius 3 is 2.72 bits per heavy atom. The van der Waals surface area contributed by atoms with Crippen LogP contribution in [-0.2, 0) is 13.1 Å². The van der Waals surface area contributed by atoms with Gasteiger partial charge in [0, 0.05) is 31.5 Å². The van der Waals surface area contributed by atoms with Gasteiger partial charge in [0.15, 0.2) is 0 Å². The first-order valence-corrected chi connectivity index (χ1v) is 9.36. The fourth-order valence-corrected chi connectivity index (χ4v) is 3.02. The molecule has 4 nitrogen and oxygen atoms in total. The van der Waals surface area contributed by atoms with Crippen molar-refractivity contribution in [3.8, 4) is 0 Å². The number of urea groups is 1. The largest absolute Gasteiger partial charge is 0.345 e. The van der Waals surface area contributed by atoms with Crippen LogP contribution in [0.25, 0.3) is 0 Å². The topological polar surface area (TPSA) is 37.3 Å². The van der Waals surface area contributed by atoms with E-state index in [4.69, 9.17) is 0 Å². The van der Waals surface area contributed by atoms with E-state index >= 15 is 0 Å². The lowest BCUT2D eigenvalue weighted by Gasteiger charge is -2.24. The molecule has 1 heterocycles. The Kier molecular flexibility index (Phi) is 7.58. The first-order valence-electron chi connectivity index (χ1n) is 9.36. The van der Waals surface area contributed by atoms with Gasteiger partial charge in [0.1, 0.15) is 0 Å². The molecule has 4 heteroatoms. The van der Waals surface area contributed by atoms with Crippen molar-refractivity contribution in [2.75, 3.05) is 13.1 Å². The number of nitrogens with zero attached hydrogens (tertiary/aromatic N) is 2. The van der Waals surface area contributed by atoms with Crippen molar-refractivity contribution in [3.63, 3.8) is 0 Å². The second kappa shape index (κ2) is 9.92. The van der Waals surface area contributed by atoms with Crippen LogP contribution >= 0.6 is 0 Å². The van der Waals surface area contributed by atoms with Gasteiger partial charge in [-0.25, -0.2) is 4.79 Å². The van der Waals surface area contributed by atoms with Crippen molar-refractivity contribution >= 4 is 6.03 Å². The van der Waals surface area contributed by atoms with E-state index in [-0.39, 0.29) is 6.03 Å². The number of hydrogen-bond acceptors (Lipinski definition) is 1. The summed E-state index contributed by atoms with van der Waals surface area (Å²) in [4.78, 5) is 14.3. The molecule has 2 aromatic rings. The lowest BCUT2D eigenvalue weighted by molar-refractivity contribution is 0.193. The van der Waals surface area contributed by atoms with Crippen molar-refractivity contribution < 1.29 is 4.79 Å². The van der Waals surface area contributed by atoms with Gasteiger partial charge in [0.2, 0.25) is 0 Å². The van der Waals surface area contributed by atoms with Crippen LogP contribution in [0, 0.1) is 6.92 Å². The van der Waals surface area contributed by atoms with Crippen LogP contribution in [0.15, 0.2) is 42.6 Å². The number of aryl methyl sites for hydroxylation is 1. The van der Waals surface area contributed by atoms with Gasteiger partial charge in [-0.05, 0) is 38.0 Å². The van der Waals surface area contributed by atoms with Crippen LogP contribution in [0.3, 0.4) is 0 Å². The Hall–Kier alpha value is -2.23. The molecule has 0 radical (unpaired) electrons. The van der Waals surface area contributed by atoms with Crippen LogP contribution in [0.5, 0.6) is 0 Å². The average molecular weight is 341 g/mol. The van der Waals surface area contributed by atoms with E-state index in [1.54, 1.807) is 0 Å². The van der Waals surface area contributed by atoms with Gasteiger partial charge in [0.05, 0.1) is 6.54 Å². The SMILES string of the molecule is CCCCCN(Cc1cccn1Cc1cccc(C)c1)C(=O)NCC. The maximum atomic E-state index is 12.4. The molecule has 1 aromatic carbocycles.